The summed E-state index contributed by atoms with van der Waals surface area (Å²) in [6, 6.07) is 0. The van der Waals surface area contributed by atoms with Crippen LogP contribution in [0, 0.1) is 28.6 Å². The second-order valence-electron chi connectivity index (χ2n) is 7.56. The van der Waals surface area contributed by atoms with Gasteiger partial charge in [-0.3, -0.25) is 0 Å². The molecule has 0 aromatic heterocycles. The summed E-state index contributed by atoms with van der Waals surface area (Å²) >= 11 is 0. The molecule has 4 aliphatic rings. The van der Waals surface area contributed by atoms with Gasteiger partial charge in [0.05, 0.1) is 5.60 Å². The zero-order chi connectivity index (χ0) is 12.5. The van der Waals surface area contributed by atoms with Crippen molar-refractivity contribution in [3.63, 3.8) is 0 Å². The number of aliphatic hydroxyl groups excluding tert-OH is 1. The topological polar surface area (TPSA) is 40.5 Å². The molecule has 98 valence electrons. The minimum atomic E-state index is -0.502. The van der Waals surface area contributed by atoms with E-state index in [2.05, 4.69) is 20.8 Å². The summed E-state index contributed by atoms with van der Waals surface area (Å²) in [5.41, 5.74) is -0.411. The molecule has 5 atom stereocenters. The average Bonchev–Trinajstić information content (AvgIpc) is 2.28. The Labute approximate surface area is 104 Å². The maximum absolute atomic E-state index is 11.3. The van der Waals surface area contributed by atoms with Crippen molar-refractivity contribution in [3.8, 4) is 0 Å². The molecule has 0 saturated heterocycles. The largest absolute Gasteiger partial charge is 0.396 e. The van der Waals surface area contributed by atoms with E-state index in [1.165, 1.54) is 12.8 Å². The number of hydrogen-bond donors (Lipinski definition) is 2. The molecule has 2 heteroatoms. The van der Waals surface area contributed by atoms with Crippen LogP contribution in [-0.4, -0.2) is 22.4 Å². The summed E-state index contributed by atoms with van der Waals surface area (Å²) in [6.45, 7) is 7.13. The van der Waals surface area contributed by atoms with Crippen LogP contribution in [0.3, 0.4) is 0 Å². The van der Waals surface area contributed by atoms with Gasteiger partial charge >= 0.3 is 0 Å². The number of hydrogen-bond acceptors (Lipinski definition) is 2. The highest BCUT2D eigenvalue weighted by atomic mass is 16.3. The van der Waals surface area contributed by atoms with Crippen molar-refractivity contribution in [3.05, 3.63) is 0 Å². The fourth-order valence-corrected chi connectivity index (χ4v) is 5.72. The second kappa shape index (κ2) is 3.27. The Bertz CT molecular complexity index is 338. The number of fused-ring (bicyclic) bond motifs is 1. The van der Waals surface area contributed by atoms with E-state index in [4.69, 9.17) is 0 Å². The van der Waals surface area contributed by atoms with E-state index >= 15 is 0 Å². The Morgan fingerprint density at radius 1 is 1.12 bits per heavy atom. The Kier molecular flexibility index (Phi) is 2.30. The van der Waals surface area contributed by atoms with Crippen LogP contribution >= 0.6 is 0 Å². The minimum absolute atomic E-state index is 0.0386. The maximum atomic E-state index is 11.3. The highest BCUT2D eigenvalue weighted by Gasteiger charge is 2.70. The highest BCUT2D eigenvalue weighted by Crippen LogP contribution is 2.71. The van der Waals surface area contributed by atoms with Crippen LogP contribution in [0.15, 0.2) is 0 Å². The lowest BCUT2D eigenvalue weighted by Gasteiger charge is -2.71. The van der Waals surface area contributed by atoms with Crippen LogP contribution < -0.4 is 0 Å². The van der Waals surface area contributed by atoms with Gasteiger partial charge < -0.3 is 10.2 Å². The molecule has 4 bridgehead atoms. The van der Waals surface area contributed by atoms with E-state index in [9.17, 15) is 10.2 Å². The third kappa shape index (κ3) is 1.14. The van der Waals surface area contributed by atoms with E-state index in [-0.39, 0.29) is 10.8 Å². The Morgan fingerprint density at radius 3 is 2.47 bits per heavy atom. The average molecular weight is 238 g/mol. The molecule has 2 nitrogen and oxygen atoms in total. The normalized spacial score (nSPS) is 55.9. The molecule has 0 aliphatic heterocycles. The second-order valence-corrected chi connectivity index (χ2v) is 7.56. The quantitative estimate of drug-likeness (QED) is 0.737. The van der Waals surface area contributed by atoms with Crippen molar-refractivity contribution in [2.24, 2.45) is 28.6 Å². The molecular weight excluding hydrogens is 212 g/mol. The third-order valence-electron chi connectivity index (χ3n) is 7.08. The van der Waals surface area contributed by atoms with Gasteiger partial charge in [-0.25, -0.2) is 0 Å². The molecule has 2 N–H and O–H groups in total. The predicted octanol–water partition coefficient (Wildman–Crippen LogP) is 2.58. The Hall–Kier alpha value is -0.0800. The van der Waals surface area contributed by atoms with Gasteiger partial charge in [0.25, 0.3) is 0 Å². The zero-order valence-electron chi connectivity index (χ0n) is 11.4. The fourth-order valence-electron chi connectivity index (χ4n) is 5.72. The van der Waals surface area contributed by atoms with Gasteiger partial charge in [-0.1, -0.05) is 20.8 Å². The molecule has 17 heavy (non-hydrogen) atoms. The molecule has 0 heterocycles. The summed E-state index contributed by atoms with van der Waals surface area (Å²) < 4.78 is 0. The van der Waals surface area contributed by atoms with Gasteiger partial charge in [-0.15, -0.1) is 0 Å². The minimum Gasteiger partial charge on any atom is -0.396 e. The first-order valence-corrected chi connectivity index (χ1v) is 7.20. The predicted molar refractivity (Wildman–Crippen MR) is 67.5 cm³/mol. The number of aliphatic hydroxyl groups is 2. The van der Waals surface area contributed by atoms with Gasteiger partial charge in [0.2, 0.25) is 0 Å². The van der Waals surface area contributed by atoms with Gasteiger partial charge in [0, 0.05) is 12.0 Å². The van der Waals surface area contributed by atoms with Crippen LogP contribution in [0.2, 0.25) is 0 Å². The zero-order valence-corrected chi connectivity index (χ0v) is 11.4. The van der Waals surface area contributed by atoms with Crippen molar-refractivity contribution in [1.82, 2.24) is 0 Å². The van der Waals surface area contributed by atoms with Gasteiger partial charge in [-0.2, -0.15) is 0 Å². The standard InChI is InChI=1S/C15H26O2/c1-13(2)11-5-6-14(3)12(8-11)10(9-16)4-7-15(13,14)17/h10-12,16-17H,4-9H2,1-3H3/t10-,11-,12+,14+,15-/m1/s1. The molecule has 4 aliphatic carbocycles. The Morgan fingerprint density at radius 2 is 1.82 bits per heavy atom. The van der Waals surface area contributed by atoms with E-state index in [0.29, 0.717) is 24.4 Å². The lowest BCUT2D eigenvalue weighted by molar-refractivity contribution is -0.294. The maximum Gasteiger partial charge on any atom is 0.0757 e. The van der Waals surface area contributed by atoms with Crippen LogP contribution in [0.5, 0.6) is 0 Å². The van der Waals surface area contributed by atoms with Gasteiger partial charge in [0.15, 0.2) is 0 Å². The van der Waals surface area contributed by atoms with Gasteiger partial charge in [-0.05, 0) is 55.3 Å². The molecule has 4 rings (SSSR count). The Balaban J connectivity index is 2.08. The van der Waals surface area contributed by atoms with E-state index in [1.54, 1.807) is 0 Å². The molecule has 4 saturated carbocycles. The van der Waals surface area contributed by atoms with Crippen LogP contribution in [-0.2, 0) is 0 Å². The fraction of sp³-hybridized carbons (Fsp3) is 1.00. The smallest absolute Gasteiger partial charge is 0.0757 e. The molecule has 0 amide bonds. The van der Waals surface area contributed by atoms with Crippen LogP contribution in [0.25, 0.3) is 0 Å². The van der Waals surface area contributed by atoms with Crippen molar-refractivity contribution < 1.29 is 10.2 Å². The van der Waals surface area contributed by atoms with E-state index in [0.717, 1.165) is 19.3 Å². The summed E-state index contributed by atoms with van der Waals surface area (Å²) in [7, 11) is 0. The van der Waals surface area contributed by atoms with Crippen LogP contribution in [0.1, 0.15) is 52.9 Å². The van der Waals surface area contributed by atoms with Crippen molar-refractivity contribution >= 4 is 0 Å². The summed E-state index contributed by atoms with van der Waals surface area (Å²) in [6.07, 6.45) is 5.52. The lowest BCUT2D eigenvalue weighted by atomic mass is 9.35. The van der Waals surface area contributed by atoms with Gasteiger partial charge in [0.1, 0.15) is 0 Å². The molecule has 0 unspecified atom stereocenters. The molecule has 0 radical (unpaired) electrons. The molecule has 0 spiro atoms. The summed E-state index contributed by atoms with van der Waals surface area (Å²) in [5, 5.41) is 20.9. The first-order chi connectivity index (χ1) is 7.87. The molecule has 0 aromatic carbocycles. The first-order valence-electron chi connectivity index (χ1n) is 7.20. The van der Waals surface area contributed by atoms with Crippen LogP contribution in [0.4, 0.5) is 0 Å². The molecular formula is C15H26O2. The number of rotatable bonds is 1. The summed E-state index contributed by atoms with van der Waals surface area (Å²) in [4.78, 5) is 0. The molecule has 4 fully saturated rings. The molecule has 0 aromatic rings. The summed E-state index contributed by atoms with van der Waals surface area (Å²) in [5.74, 6) is 1.62. The van der Waals surface area contributed by atoms with Crippen molar-refractivity contribution in [2.45, 2.75) is 58.5 Å². The SMILES string of the molecule is CC1(C)[C@@H]2CC[C@@]3(C)[C@@H](C2)[C@@H](CO)CC[C@@]13O. The lowest BCUT2D eigenvalue weighted by Crippen LogP contribution is -2.71. The van der Waals surface area contributed by atoms with E-state index < -0.39 is 5.60 Å². The third-order valence-corrected chi connectivity index (χ3v) is 7.08. The van der Waals surface area contributed by atoms with E-state index in [1.807, 2.05) is 0 Å². The van der Waals surface area contributed by atoms with Crippen molar-refractivity contribution in [1.29, 1.82) is 0 Å². The van der Waals surface area contributed by atoms with Crippen molar-refractivity contribution in [2.75, 3.05) is 6.61 Å². The first kappa shape index (κ1) is 12.0. The monoisotopic (exact) mass is 238 g/mol. The highest BCUT2D eigenvalue weighted by molar-refractivity contribution is 5.19.